The highest BCUT2D eigenvalue weighted by Gasteiger charge is 2.35. The van der Waals surface area contributed by atoms with E-state index in [1.54, 1.807) is 0 Å². The molecule has 0 radical (unpaired) electrons. The molecule has 0 saturated carbocycles. The molecule has 0 aromatic heterocycles. The molecule has 2 rings (SSSR count). The summed E-state index contributed by atoms with van der Waals surface area (Å²) < 4.78 is 43.8. The fourth-order valence-electron chi connectivity index (χ4n) is 1.89. The van der Waals surface area contributed by atoms with Gasteiger partial charge in [-0.05, 0) is 30.2 Å². The molecule has 1 N–H and O–H groups in total. The van der Waals surface area contributed by atoms with Crippen LogP contribution in [-0.4, -0.2) is 30.2 Å². The molecule has 9 heteroatoms. The molecule has 1 amide bonds. The fraction of sp³-hybridized carbons (Fsp3) is 0.308. The summed E-state index contributed by atoms with van der Waals surface area (Å²) in [6.07, 6.45) is -3.33. The molecule has 0 aliphatic carbocycles. The normalized spacial score (nSPS) is 17.3. The third kappa shape index (κ3) is 3.79. The smallest absolute Gasteiger partial charge is 0.419 e. The third-order valence-corrected chi connectivity index (χ3v) is 3.61. The zero-order valence-corrected chi connectivity index (χ0v) is 12.5. The monoisotopic (exact) mass is 331 g/mol. The maximum atomic E-state index is 13.0. The number of hydrogen-bond acceptors (Lipinski definition) is 5. The predicted octanol–water partition coefficient (Wildman–Crippen LogP) is 2.58. The molecule has 22 heavy (non-hydrogen) atoms. The van der Waals surface area contributed by atoms with Crippen LogP contribution in [-0.2, 0) is 11.0 Å². The Morgan fingerprint density at radius 2 is 2.14 bits per heavy atom. The molecule has 0 spiro atoms. The van der Waals surface area contributed by atoms with Crippen molar-refractivity contribution in [3.63, 3.8) is 0 Å². The minimum absolute atomic E-state index is 0.182. The van der Waals surface area contributed by atoms with Gasteiger partial charge in [-0.25, -0.2) is 0 Å². The van der Waals surface area contributed by atoms with Crippen LogP contribution in [0.15, 0.2) is 22.3 Å². The molecule has 1 heterocycles. The Balaban J connectivity index is 2.29. The second-order valence-corrected chi connectivity index (χ2v) is 5.37. The summed E-state index contributed by atoms with van der Waals surface area (Å²) in [5.41, 5.74) is -0.285. The van der Waals surface area contributed by atoms with Crippen molar-refractivity contribution in [2.45, 2.75) is 13.1 Å². The molecule has 5 nitrogen and oxygen atoms in total. The van der Waals surface area contributed by atoms with Crippen LogP contribution >= 0.6 is 11.8 Å². The number of aryl methyl sites for hydroxylation is 1. The van der Waals surface area contributed by atoms with Crippen molar-refractivity contribution in [1.82, 2.24) is 5.32 Å². The Bertz CT molecular complexity index is 657. The molecule has 118 valence electrons. The Hall–Kier alpha value is -2.03. The zero-order chi connectivity index (χ0) is 16.3. The second-order valence-electron chi connectivity index (χ2n) is 4.40. The number of rotatable bonds is 3. The van der Waals surface area contributed by atoms with Gasteiger partial charge >= 0.3 is 6.18 Å². The van der Waals surface area contributed by atoms with Gasteiger partial charge in [0.2, 0.25) is 5.91 Å². The van der Waals surface area contributed by atoms with Crippen molar-refractivity contribution in [2.24, 2.45) is 10.2 Å². The fourth-order valence-corrected chi connectivity index (χ4v) is 2.52. The molecule has 1 aliphatic rings. The van der Waals surface area contributed by atoms with Crippen molar-refractivity contribution >= 4 is 29.1 Å². The minimum Gasteiger partial charge on any atom is -0.496 e. The van der Waals surface area contributed by atoms with Gasteiger partial charge in [-0.15, -0.1) is 5.10 Å². The van der Waals surface area contributed by atoms with Crippen molar-refractivity contribution in [3.8, 4) is 5.75 Å². The summed E-state index contributed by atoms with van der Waals surface area (Å²) in [5.74, 6) is -0.137. The number of benzene rings is 1. The van der Waals surface area contributed by atoms with E-state index in [0.29, 0.717) is 10.7 Å². The number of nitrogens with zero attached hydrogens (tertiary/aromatic N) is 2. The van der Waals surface area contributed by atoms with E-state index in [9.17, 15) is 18.0 Å². The molecule has 0 bridgehead atoms. The van der Waals surface area contributed by atoms with Crippen LogP contribution in [0.2, 0.25) is 0 Å². The lowest BCUT2D eigenvalue weighted by Gasteiger charge is -2.14. The Morgan fingerprint density at radius 1 is 1.41 bits per heavy atom. The lowest BCUT2D eigenvalue weighted by molar-refractivity contribution is -0.138. The molecule has 1 saturated heterocycles. The summed E-state index contributed by atoms with van der Waals surface area (Å²) in [6.45, 7) is 1.52. The Morgan fingerprint density at radius 3 is 2.68 bits per heavy atom. The number of carbonyl (C=O) groups excluding carboxylic acids is 1. The van der Waals surface area contributed by atoms with Crippen molar-refractivity contribution in [1.29, 1.82) is 0 Å². The molecule has 0 unspecified atom stereocenters. The van der Waals surface area contributed by atoms with Crippen LogP contribution in [0.4, 0.5) is 13.2 Å². The van der Waals surface area contributed by atoms with Crippen molar-refractivity contribution in [3.05, 3.63) is 28.8 Å². The summed E-state index contributed by atoms with van der Waals surface area (Å²) >= 11 is 1.18. The lowest BCUT2D eigenvalue weighted by atomic mass is 10.0. The number of halogens is 3. The van der Waals surface area contributed by atoms with Crippen LogP contribution in [0.5, 0.6) is 5.75 Å². The maximum Gasteiger partial charge on any atom is 0.419 e. The number of amidine groups is 1. The van der Waals surface area contributed by atoms with Crippen molar-refractivity contribution < 1.29 is 22.7 Å². The minimum atomic E-state index is -4.53. The van der Waals surface area contributed by atoms with Gasteiger partial charge in [-0.3, -0.25) is 4.79 Å². The van der Waals surface area contributed by atoms with E-state index in [1.165, 1.54) is 38.1 Å². The lowest BCUT2D eigenvalue weighted by Crippen LogP contribution is -2.19. The molecule has 1 aromatic rings. The number of thioether (sulfide) groups is 1. The van der Waals surface area contributed by atoms with Gasteiger partial charge in [-0.1, -0.05) is 11.8 Å². The van der Waals surface area contributed by atoms with Gasteiger partial charge in [0.05, 0.1) is 24.6 Å². The van der Waals surface area contributed by atoms with E-state index >= 15 is 0 Å². The highest BCUT2D eigenvalue weighted by Crippen LogP contribution is 2.38. The van der Waals surface area contributed by atoms with Crippen LogP contribution in [0.1, 0.15) is 16.7 Å². The largest absolute Gasteiger partial charge is 0.496 e. The van der Waals surface area contributed by atoms with Crippen LogP contribution < -0.4 is 10.1 Å². The van der Waals surface area contributed by atoms with Gasteiger partial charge in [-0.2, -0.15) is 18.3 Å². The van der Waals surface area contributed by atoms with E-state index in [2.05, 4.69) is 15.5 Å². The Kier molecular flexibility index (Phi) is 4.74. The van der Waals surface area contributed by atoms with E-state index < -0.39 is 11.7 Å². The van der Waals surface area contributed by atoms with Crippen LogP contribution in [0.25, 0.3) is 0 Å². The molecule has 1 aromatic carbocycles. The first kappa shape index (κ1) is 16.3. The molecular formula is C13H12F3N3O2S. The van der Waals surface area contributed by atoms with E-state index in [1.807, 2.05) is 0 Å². The van der Waals surface area contributed by atoms with Gasteiger partial charge in [0.1, 0.15) is 5.75 Å². The average molecular weight is 331 g/mol. The van der Waals surface area contributed by atoms with Gasteiger partial charge in [0, 0.05) is 0 Å². The summed E-state index contributed by atoms with van der Waals surface area (Å²) in [7, 11) is 1.19. The van der Waals surface area contributed by atoms with E-state index in [-0.39, 0.29) is 23.0 Å². The quantitative estimate of drug-likeness (QED) is 0.684. The Labute approximate surface area is 128 Å². The third-order valence-electron chi connectivity index (χ3n) is 2.75. The van der Waals surface area contributed by atoms with E-state index in [0.717, 1.165) is 6.07 Å². The maximum absolute atomic E-state index is 13.0. The molecule has 1 aliphatic heterocycles. The highest BCUT2D eigenvalue weighted by molar-refractivity contribution is 8.15. The number of nitrogens with one attached hydrogen (secondary N) is 1. The summed E-state index contributed by atoms with van der Waals surface area (Å²) in [6, 6.07) is 2.45. The SMILES string of the molecule is COc1c(C)cc(C=NN=C2NC(=O)CS2)cc1C(F)(F)F. The first-order chi connectivity index (χ1) is 10.3. The summed E-state index contributed by atoms with van der Waals surface area (Å²) in [4.78, 5) is 11.0. The predicted molar refractivity (Wildman–Crippen MR) is 78.4 cm³/mol. The molecule has 0 atom stereocenters. The second kappa shape index (κ2) is 6.39. The van der Waals surface area contributed by atoms with Crippen LogP contribution in [0, 0.1) is 6.92 Å². The van der Waals surface area contributed by atoms with Gasteiger partial charge < -0.3 is 10.1 Å². The van der Waals surface area contributed by atoms with Crippen LogP contribution in [0.3, 0.4) is 0 Å². The first-order valence-corrected chi connectivity index (χ1v) is 7.09. The number of amides is 1. The number of methoxy groups -OCH3 is 1. The van der Waals surface area contributed by atoms with Crippen molar-refractivity contribution in [2.75, 3.05) is 12.9 Å². The van der Waals surface area contributed by atoms with E-state index in [4.69, 9.17) is 4.74 Å². The number of ether oxygens (including phenoxy) is 1. The molecular weight excluding hydrogens is 319 g/mol. The summed E-state index contributed by atoms with van der Waals surface area (Å²) in [5, 5.41) is 10.2. The number of alkyl halides is 3. The molecule has 1 fully saturated rings. The average Bonchev–Trinajstić information content (AvgIpc) is 2.83. The standard InChI is InChI=1S/C13H12F3N3O2S/c1-7-3-8(4-9(11(7)21-2)13(14,15)16)5-17-19-12-18-10(20)6-22-12/h3-5H,6H2,1-2H3,(H,18,19,20). The zero-order valence-electron chi connectivity index (χ0n) is 11.7. The first-order valence-electron chi connectivity index (χ1n) is 6.10. The van der Waals surface area contributed by atoms with Gasteiger partial charge in [0.25, 0.3) is 0 Å². The highest BCUT2D eigenvalue weighted by atomic mass is 32.2. The number of hydrogen-bond donors (Lipinski definition) is 1. The van der Waals surface area contributed by atoms with Gasteiger partial charge in [0.15, 0.2) is 5.17 Å². The number of carbonyl (C=O) groups is 1. The topological polar surface area (TPSA) is 63.1 Å².